The third kappa shape index (κ3) is 5.51. The summed E-state index contributed by atoms with van der Waals surface area (Å²) in [6.45, 7) is 8.86. The highest BCUT2D eigenvalue weighted by Crippen LogP contribution is 2.35. The van der Waals surface area contributed by atoms with E-state index < -0.39 is 6.23 Å². The molecule has 2 aromatic carbocycles. The number of anilines is 1. The van der Waals surface area contributed by atoms with E-state index >= 15 is 0 Å². The number of pyridine rings is 1. The number of rotatable bonds is 10. The van der Waals surface area contributed by atoms with Crippen LogP contribution in [0.15, 0.2) is 54.7 Å². The number of ether oxygens (including phenoxy) is 3. The van der Waals surface area contributed by atoms with E-state index in [4.69, 9.17) is 14.2 Å². The number of methoxy groups -OCH3 is 1. The third-order valence-corrected chi connectivity index (χ3v) is 5.34. The van der Waals surface area contributed by atoms with E-state index in [-0.39, 0.29) is 0 Å². The SMILES string of the molecule is CCCOc1ccc(OC)cc1CN(c1cccnc1Oc1cccc(C)c1C)C(C)O. The first-order valence-corrected chi connectivity index (χ1v) is 10.9. The highest BCUT2D eigenvalue weighted by molar-refractivity contribution is 5.58. The van der Waals surface area contributed by atoms with Gasteiger partial charge in [-0.05, 0) is 74.7 Å². The standard InChI is InChI=1S/C26H32N2O4/c1-6-15-31-25-13-12-22(30-5)16-21(25)17-28(20(4)29)23-10-8-14-27-26(23)32-24-11-7-9-18(2)19(24)3/h7-14,16,20,29H,6,15,17H2,1-5H3. The van der Waals surface area contributed by atoms with E-state index in [9.17, 15) is 5.11 Å². The Balaban J connectivity index is 1.98. The average molecular weight is 437 g/mol. The van der Waals surface area contributed by atoms with Gasteiger partial charge in [-0.1, -0.05) is 19.1 Å². The van der Waals surface area contributed by atoms with Crippen LogP contribution < -0.4 is 19.1 Å². The largest absolute Gasteiger partial charge is 0.497 e. The highest BCUT2D eigenvalue weighted by atomic mass is 16.5. The summed E-state index contributed by atoms with van der Waals surface area (Å²) in [4.78, 5) is 6.30. The molecule has 0 bridgehead atoms. The predicted molar refractivity (Wildman–Crippen MR) is 127 cm³/mol. The average Bonchev–Trinajstić information content (AvgIpc) is 2.79. The summed E-state index contributed by atoms with van der Waals surface area (Å²) in [7, 11) is 1.63. The van der Waals surface area contributed by atoms with Crippen molar-refractivity contribution in [3.63, 3.8) is 0 Å². The second-order valence-electron chi connectivity index (χ2n) is 7.71. The molecule has 0 saturated heterocycles. The summed E-state index contributed by atoms with van der Waals surface area (Å²) in [6.07, 6.45) is 1.80. The normalized spacial score (nSPS) is 11.7. The van der Waals surface area contributed by atoms with Crippen LogP contribution in [0.3, 0.4) is 0 Å². The van der Waals surface area contributed by atoms with E-state index in [1.54, 1.807) is 20.2 Å². The second-order valence-corrected chi connectivity index (χ2v) is 7.71. The van der Waals surface area contributed by atoms with Gasteiger partial charge in [-0.25, -0.2) is 4.98 Å². The maximum absolute atomic E-state index is 10.7. The molecule has 3 aromatic rings. The summed E-state index contributed by atoms with van der Waals surface area (Å²) >= 11 is 0. The lowest BCUT2D eigenvalue weighted by atomic mass is 10.1. The molecule has 1 atom stereocenters. The zero-order valence-corrected chi connectivity index (χ0v) is 19.5. The number of nitrogens with zero attached hydrogens (tertiary/aromatic N) is 2. The maximum Gasteiger partial charge on any atom is 0.243 e. The Morgan fingerprint density at radius 2 is 1.88 bits per heavy atom. The van der Waals surface area contributed by atoms with Crippen LogP contribution in [0.5, 0.6) is 23.1 Å². The van der Waals surface area contributed by atoms with Crippen LogP contribution in [0.25, 0.3) is 0 Å². The molecule has 6 nitrogen and oxygen atoms in total. The molecule has 0 spiro atoms. The Hall–Kier alpha value is -3.25. The topological polar surface area (TPSA) is 64.1 Å². The molecule has 170 valence electrons. The molecule has 0 fully saturated rings. The van der Waals surface area contributed by atoms with Crippen molar-refractivity contribution in [2.24, 2.45) is 0 Å². The van der Waals surface area contributed by atoms with Gasteiger partial charge in [0.15, 0.2) is 0 Å². The molecule has 0 aliphatic rings. The summed E-state index contributed by atoms with van der Waals surface area (Å²) < 4.78 is 17.6. The molecular formula is C26H32N2O4. The van der Waals surface area contributed by atoms with Gasteiger partial charge in [-0.2, -0.15) is 0 Å². The smallest absolute Gasteiger partial charge is 0.243 e. The Morgan fingerprint density at radius 3 is 2.59 bits per heavy atom. The van der Waals surface area contributed by atoms with Crippen molar-refractivity contribution in [2.45, 2.75) is 46.9 Å². The molecule has 1 N–H and O–H groups in total. The lowest BCUT2D eigenvalue weighted by Gasteiger charge is -2.29. The predicted octanol–water partition coefficient (Wildman–Crippen LogP) is 5.63. The van der Waals surface area contributed by atoms with Crippen LogP contribution in [0.4, 0.5) is 5.69 Å². The van der Waals surface area contributed by atoms with Gasteiger partial charge >= 0.3 is 0 Å². The summed E-state index contributed by atoms with van der Waals surface area (Å²) in [5.41, 5.74) is 3.78. The minimum Gasteiger partial charge on any atom is -0.497 e. The fraction of sp³-hybridized carbons (Fsp3) is 0.346. The van der Waals surface area contributed by atoms with Crippen molar-refractivity contribution < 1.29 is 19.3 Å². The summed E-state index contributed by atoms with van der Waals surface area (Å²) in [5.74, 6) is 2.66. The quantitative estimate of drug-likeness (QED) is 0.415. The minimum atomic E-state index is -0.787. The van der Waals surface area contributed by atoms with Crippen LogP contribution in [-0.4, -0.2) is 30.0 Å². The fourth-order valence-corrected chi connectivity index (χ4v) is 3.38. The van der Waals surface area contributed by atoms with Gasteiger partial charge in [-0.3, -0.25) is 0 Å². The number of hydrogen-bond acceptors (Lipinski definition) is 6. The molecule has 1 aromatic heterocycles. The molecule has 1 heterocycles. The van der Waals surface area contributed by atoms with Crippen molar-refractivity contribution in [3.05, 3.63) is 71.4 Å². The number of hydrogen-bond donors (Lipinski definition) is 1. The van der Waals surface area contributed by atoms with Crippen LogP contribution in [0.2, 0.25) is 0 Å². The molecule has 0 saturated carbocycles. The Kier molecular flexibility index (Phi) is 7.95. The minimum absolute atomic E-state index is 0.392. The van der Waals surface area contributed by atoms with Gasteiger partial charge in [0.05, 0.1) is 13.7 Å². The van der Waals surface area contributed by atoms with E-state index in [0.29, 0.717) is 24.7 Å². The van der Waals surface area contributed by atoms with Gasteiger partial charge in [0.25, 0.3) is 0 Å². The summed E-state index contributed by atoms with van der Waals surface area (Å²) in [6, 6.07) is 15.4. The lowest BCUT2D eigenvalue weighted by Crippen LogP contribution is -2.32. The third-order valence-electron chi connectivity index (χ3n) is 5.34. The van der Waals surface area contributed by atoms with Crippen molar-refractivity contribution >= 4 is 5.69 Å². The zero-order valence-electron chi connectivity index (χ0n) is 19.5. The second kappa shape index (κ2) is 10.9. The van der Waals surface area contributed by atoms with Gasteiger partial charge in [0.2, 0.25) is 5.88 Å². The molecule has 1 unspecified atom stereocenters. The Bertz CT molecular complexity index is 1040. The van der Waals surface area contributed by atoms with Gasteiger partial charge in [-0.15, -0.1) is 0 Å². The first kappa shape index (κ1) is 23.4. The number of benzene rings is 2. The van der Waals surface area contributed by atoms with Gasteiger partial charge in [0.1, 0.15) is 29.2 Å². The molecule has 0 aliphatic heterocycles. The van der Waals surface area contributed by atoms with Crippen LogP contribution in [0, 0.1) is 13.8 Å². The first-order valence-electron chi connectivity index (χ1n) is 10.9. The maximum atomic E-state index is 10.7. The fourth-order valence-electron chi connectivity index (χ4n) is 3.38. The Labute approximate surface area is 190 Å². The number of aliphatic hydroxyl groups excluding tert-OH is 1. The molecule has 32 heavy (non-hydrogen) atoms. The van der Waals surface area contributed by atoms with Crippen LogP contribution in [-0.2, 0) is 6.54 Å². The molecular weight excluding hydrogens is 404 g/mol. The number of aryl methyl sites for hydroxylation is 1. The van der Waals surface area contributed by atoms with E-state index in [1.807, 2.05) is 67.3 Å². The highest BCUT2D eigenvalue weighted by Gasteiger charge is 2.21. The lowest BCUT2D eigenvalue weighted by molar-refractivity contribution is 0.185. The van der Waals surface area contributed by atoms with Crippen molar-refractivity contribution in [1.29, 1.82) is 0 Å². The van der Waals surface area contributed by atoms with Crippen LogP contribution in [0.1, 0.15) is 37.0 Å². The molecule has 0 aliphatic carbocycles. The molecule has 0 radical (unpaired) electrons. The van der Waals surface area contributed by atoms with Gasteiger partial charge in [0, 0.05) is 18.3 Å². The van der Waals surface area contributed by atoms with E-state index in [2.05, 4.69) is 11.9 Å². The van der Waals surface area contributed by atoms with E-state index in [0.717, 1.165) is 40.4 Å². The zero-order chi connectivity index (χ0) is 23.1. The molecule has 0 amide bonds. The molecule has 6 heteroatoms. The molecule has 3 rings (SSSR count). The Morgan fingerprint density at radius 1 is 1.06 bits per heavy atom. The van der Waals surface area contributed by atoms with Crippen LogP contribution >= 0.6 is 0 Å². The van der Waals surface area contributed by atoms with Crippen molar-refractivity contribution in [3.8, 4) is 23.1 Å². The van der Waals surface area contributed by atoms with E-state index in [1.165, 1.54) is 0 Å². The van der Waals surface area contributed by atoms with Crippen molar-refractivity contribution in [1.82, 2.24) is 4.98 Å². The number of aliphatic hydroxyl groups is 1. The summed E-state index contributed by atoms with van der Waals surface area (Å²) in [5, 5.41) is 10.7. The van der Waals surface area contributed by atoms with Gasteiger partial charge < -0.3 is 24.2 Å². The van der Waals surface area contributed by atoms with Crippen molar-refractivity contribution in [2.75, 3.05) is 18.6 Å². The first-order chi connectivity index (χ1) is 15.4. The number of aromatic nitrogens is 1. The monoisotopic (exact) mass is 436 g/mol.